The van der Waals surface area contributed by atoms with Crippen molar-refractivity contribution in [2.24, 2.45) is 0 Å². The number of hydrogen-bond donors (Lipinski definition) is 1. The highest BCUT2D eigenvalue weighted by Crippen LogP contribution is 2.30. The fourth-order valence-corrected chi connectivity index (χ4v) is 3.04. The summed E-state index contributed by atoms with van der Waals surface area (Å²) >= 11 is 7.54. The van der Waals surface area contributed by atoms with Gasteiger partial charge in [0, 0.05) is 17.5 Å². The van der Waals surface area contributed by atoms with Crippen molar-refractivity contribution in [3.63, 3.8) is 0 Å². The Hall–Kier alpha value is -2.18. The van der Waals surface area contributed by atoms with Crippen molar-refractivity contribution in [3.05, 3.63) is 53.0 Å². The molecule has 0 saturated heterocycles. The highest BCUT2D eigenvalue weighted by Gasteiger charge is 2.18. The molecule has 0 saturated carbocycles. The van der Waals surface area contributed by atoms with Crippen molar-refractivity contribution in [2.75, 3.05) is 6.54 Å². The van der Waals surface area contributed by atoms with Crippen LogP contribution in [0.1, 0.15) is 12.6 Å². The molecular formula is C17H17ClN2O3S. The molecule has 0 spiro atoms. The van der Waals surface area contributed by atoms with Gasteiger partial charge < -0.3 is 10.1 Å². The minimum absolute atomic E-state index is 0.0000307. The summed E-state index contributed by atoms with van der Waals surface area (Å²) in [6, 6.07) is 7.38. The first-order valence-corrected chi connectivity index (χ1v) is 8.54. The number of hydrogen-bond acceptors (Lipinski definition) is 5. The molecule has 1 aromatic carbocycles. The Balaban J connectivity index is 1.95. The minimum atomic E-state index is -0.862. The van der Waals surface area contributed by atoms with Gasteiger partial charge in [0.1, 0.15) is 5.01 Å². The highest BCUT2D eigenvalue weighted by atomic mass is 35.5. The average molecular weight is 365 g/mol. The van der Waals surface area contributed by atoms with E-state index in [4.69, 9.17) is 16.3 Å². The Morgan fingerprint density at radius 2 is 2.21 bits per heavy atom. The number of halogens is 1. The molecule has 126 valence electrons. The summed E-state index contributed by atoms with van der Waals surface area (Å²) in [4.78, 5) is 28.0. The van der Waals surface area contributed by atoms with Crippen LogP contribution in [0, 0.1) is 0 Å². The molecule has 0 radical (unpaired) electrons. The maximum Gasteiger partial charge on any atom is 0.312 e. The molecule has 1 atom stereocenters. The lowest BCUT2D eigenvalue weighted by Crippen LogP contribution is -2.36. The van der Waals surface area contributed by atoms with E-state index in [-0.39, 0.29) is 12.3 Å². The van der Waals surface area contributed by atoms with Crippen LogP contribution in [0.2, 0.25) is 5.02 Å². The lowest BCUT2D eigenvalue weighted by Gasteiger charge is -2.12. The number of aromatic nitrogens is 1. The summed E-state index contributed by atoms with van der Waals surface area (Å²) in [5, 5.41) is 5.69. The molecule has 0 aliphatic carbocycles. The summed E-state index contributed by atoms with van der Waals surface area (Å²) in [6.07, 6.45) is 0.692. The summed E-state index contributed by atoms with van der Waals surface area (Å²) in [7, 11) is 0. The topological polar surface area (TPSA) is 68.3 Å². The second kappa shape index (κ2) is 8.61. The van der Waals surface area contributed by atoms with Gasteiger partial charge in [0.25, 0.3) is 5.91 Å². The molecule has 7 heteroatoms. The molecule has 0 bridgehead atoms. The van der Waals surface area contributed by atoms with Crippen molar-refractivity contribution < 1.29 is 14.3 Å². The van der Waals surface area contributed by atoms with Crippen LogP contribution in [0.3, 0.4) is 0 Å². The van der Waals surface area contributed by atoms with Crippen LogP contribution in [-0.2, 0) is 20.7 Å². The van der Waals surface area contributed by atoms with E-state index < -0.39 is 12.1 Å². The number of nitrogens with zero attached hydrogens (tertiary/aromatic N) is 1. The molecule has 0 aliphatic rings. The molecular weight excluding hydrogens is 348 g/mol. The molecule has 0 fully saturated rings. The van der Waals surface area contributed by atoms with E-state index >= 15 is 0 Å². The number of amides is 1. The zero-order chi connectivity index (χ0) is 17.5. The largest absolute Gasteiger partial charge is 0.452 e. The number of rotatable bonds is 7. The van der Waals surface area contributed by atoms with E-state index in [0.717, 1.165) is 10.6 Å². The fourth-order valence-electron chi connectivity index (χ4n) is 1.90. The molecule has 2 rings (SSSR count). The summed E-state index contributed by atoms with van der Waals surface area (Å²) in [5.74, 6) is -0.870. The van der Waals surface area contributed by atoms with Crippen LogP contribution in [0.4, 0.5) is 0 Å². The number of carbonyl (C=O) groups excluding carboxylic acids is 2. The van der Waals surface area contributed by atoms with E-state index in [1.54, 1.807) is 17.5 Å². The molecule has 24 heavy (non-hydrogen) atoms. The van der Waals surface area contributed by atoms with Gasteiger partial charge in [0.05, 0.1) is 17.1 Å². The van der Waals surface area contributed by atoms with Crippen molar-refractivity contribution in [1.29, 1.82) is 0 Å². The highest BCUT2D eigenvalue weighted by molar-refractivity contribution is 7.13. The van der Waals surface area contributed by atoms with E-state index in [1.165, 1.54) is 18.3 Å². The molecule has 1 N–H and O–H groups in total. The first-order valence-electron chi connectivity index (χ1n) is 7.28. The lowest BCUT2D eigenvalue weighted by molar-refractivity contribution is -0.154. The number of benzene rings is 1. The van der Waals surface area contributed by atoms with Crippen LogP contribution in [0.5, 0.6) is 0 Å². The Morgan fingerprint density at radius 3 is 2.92 bits per heavy atom. The van der Waals surface area contributed by atoms with Crippen molar-refractivity contribution in [2.45, 2.75) is 19.4 Å². The molecule has 1 aromatic heterocycles. The number of esters is 1. The van der Waals surface area contributed by atoms with Gasteiger partial charge in [-0.15, -0.1) is 17.9 Å². The van der Waals surface area contributed by atoms with Crippen molar-refractivity contribution >= 4 is 34.8 Å². The second-order valence-corrected chi connectivity index (χ2v) is 6.23. The van der Waals surface area contributed by atoms with Crippen molar-refractivity contribution in [1.82, 2.24) is 10.3 Å². The summed E-state index contributed by atoms with van der Waals surface area (Å²) in [6.45, 7) is 5.35. The lowest BCUT2D eigenvalue weighted by atomic mass is 10.2. The van der Waals surface area contributed by atoms with Gasteiger partial charge >= 0.3 is 5.97 Å². The summed E-state index contributed by atoms with van der Waals surface area (Å²) < 4.78 is 5.11. The summed E-state index contributed by atoms with van der Waals surface area (Å²) in [5.41, 5.74) is 1.40. The van der Waals surface area contributed by atoms with Crippen LogP contribution in [-0.4, -0.2) is 29.5 Å². The normalized spacial score (nSPS) is 11.6. The zero-order valence-electron chi connectivity index (χ0n) is 13.1. The maximum atomic E-state index is 11.9. The number of carbonyl (C=O) groups is 2. The third-order valence-corrected chi connectivity index (χ3v) is 4.33. The molecule has 0 unspecified atom stereocenters. The standard InChI is InChI=1S/C17H17ClN2O3S/c1-3-8-19-16(22)11(2)23-15(21)9-12-10-24-17(20-12)13-6-4-5-7-14(13)18/h3-7,10-11H,1,8-9H2,2H3,(H,19,22)/t11-/m1/s1. The van der Waals surface area contributed by atoms with E-state index in [1.807, 2.05) is 18.2 Å². The number of thiazole rings is 1. The SMILES string of the molecule is C=CCNC(=O)[C@@H](C)OC(=O)Cc1csc(-c2ccccc2Cl)n1. The predicted molar refractivity (Wildman–Crippen MR) is 95.0 cm³/mol. The Labute approximate surface area is 149 Å². The third-order valence-electron chi connectivity index (χ3n) is 3.08. The van der Waals surface area contributed by atoms with Crippen LogP contribution < -0.4 is 5.32 Å². The molecule has 1 heterocycles. The Morgan fingerprint density at radius 1 is 1.46 bits per heavy atom. The molecule has 2 aromatic rings. The van der Waals surface area contributed by atoms with Gasteiger partial charge in [-0.3, -0.25) is 9.59 Å². The Bertz CT molecular complexity index is 745. The molecule has 1 amide bonds. The van der Waals surface area contributed by atoms with Crippen LogP contribution in [0.25, 0.3) is 10.6 Å². The van der Waals surface area contributed by atoms with Gasteiger partial charge in [-0.1, -0.05) is 35.9 Å². The quantitative estimate of drug-likeness (QED) is 0.605. The molecule has 5 nitrogen and oxygen atoms in total. The zero-order valence-corrected chi connectivity index (χ0v) is 14.7. The van der Waals surface area contributed by atoms with E-state index in [0.29, 0.717) is 17.3 Å². The first-order chi connectivity index (χ1) is 11.5. The predicted octanol–water partition coefficient (Wildman–Crippen LogP) is 3.24. The van der Waals surface area contributed by atoms with Gasteiger partial charge in [-0.25, -0.2) is 4.98 Å². The Kier molecular flexibility index (Phi) is 6.52. The van der Waals surface area contributed by atoms with Crippen LogP contribution >= 0.6 is 22.9 Å². The van der Waals surface area contributed by atoms with Crippen LogP contribution in [0.15, 0.2) is 42.3 Å². The monoisotopic (exact) mass is 364 g/mol. The van der Waals surface area contributed by atoms with Gasteiger partial charge in [-0.2, -0.15) is 0 Å². The van der Waals surface area contributed by atoms with E-state index in [2.05, 4.69) is 16.9 Å². The van der Waals surface area contributed by atoms with Gasteiger partial charge in [0.2, 0.25) is 0 Å². The fraction of sp³-hybridized carbons (Fsp3) is 0.235. The maximum absolute atomic E-state index is 11.9. The average Bonchev–Trinajstić information content (AvgIpc) is 3.00. The smallest absolute Gasteiger partial charge is 0.312 e. The van der Waals surface area contributed by atoms with Gasteiger partial charge in [-0.05, 0) is 13.0 Å². The number of nitrogens with one attached hydrogen (secondary N) is 1. The van der Waals surface area contributed by atoms with Gasteiger partial charge in [0.15, 0.2) is 6.10 Å². The number of ether oxygens (including phenoxy) is 1. The van der Waals surface area contributed by atoms with Crippen molar-refractivity contribution in [3.8, 4) is 10.6 Å². The van der Waals surface area contributed by atoms with E-state index in [9.17, 15) is 9.59 Å². The first kappa shape index (κ1) is 18.2. The molecule has 0 aliphatic heterocycles. The second-order valence-electron chi connectivity index (χ2n) is 4.97. The third kappa shape index (κ3) is 4.91. The minimum Gasteiger partial charge on any atom is -0.452 e.